The average Bonchev–Trinajstić information content (AvgIpc) is 2.03. The van der Waals surface area contributed by atoms with Gasteiger partial charge in [-0.25, -0.2) is 0 Å². The van der Waals surface area contributed by atoms with Crippen molar-refractivity contribution >= 4 is 0 Å². The smallest absolute Gasteiger partial charge is 0.0663 e. The molecule has 0 atom stereocenters. The van der Waals surface area contributed by atoms with Crippen molar-refractivity contribution in [2.45, 2.75) is 20.8 Å². The van der Waals surface area contributed by atoms with Crippen molar-refractivity contribution < 1.29 is 4.74 Å². The summed E-state index contributed by atoms with van der Waals surface area (Å²) in [6, 6.07) is 0. The average molecular weight is 164 g/mol. The molecule has 0 unspecified atom stereocenters. The molecule has 0 saturated carbocycles. The van der Waals surface area contributed by atoms with Crippen molar-refractivity contribution in [3.63, 3.8) is 0 Å². The summed E-state index contributed by atoms with van der Waals surface area (Å²) in [5.74, 6) is 2.53. The second-order valence-corrected chi connectivity index (χ2v) is 2.85. The second kappa shape index (κ2) is 6.69. The molecule has 0 aromatic heterocycles. The van der Waals surface area contributed by atoms with Gasteiger partial charge in [-0.1, -0.05) is 17.6 Å². The molecule has 0 aliphatic heterocycles. The molecule has 12 heavy (non-hydrogen) atoms. The Kier molecular flexibility index (Phi) is 6.14. The summed E-state index contributed by atoms with van der Waals surface area (Å²) in [5, 5.41) is 0. The minimum Gasteiger partial charge on any atom is -0.373 e. The van der Waals surface area contributed by atoms with Crippen LogP contribution >= 0.6 is 0 Å². The molecule has 0 saturated heterocycles. The highest BCUT2D eigenvalue weighted by Gasteiger charge is 1.82. The van der Waals surface area contributed by atoms with E-state index < -0.39 is 0 Å². The van der Waals surface area contributed by atoms with Gasteiger partial charge in [-0.05, 0) is 32.4 Å². The van der Waals surface area contributed by atoms with Crippen LogP contribution in [0.2, 0.25) is 0 Å². The predicted octanol–water partition coefficient (Wildman–Crippen LogP) is 2.55. The maximum Gasteiger partial charge on any atom is 0.0663 e. The molecule has 0 amide bonds. The molecule has 0 radical (unpaired) electrons. The Bertz CT molecular complexity index is 212. The van der Waals surface area contributed by atoms with E-state index >= 15 is 0 Å². The maximum absolute atomic E-state index is 5.27. The highest BCUT2D eigenvalue weighted by molar-refractivity contribution is 5.22. The Labute approximate surface area is 75.1 Å². The lowest BCUT2D eigenvalue weighted by atomic mass is 10.3. The van der Waals surface area contributed by atoms with Gasteiger partial charge >= 0.3 is 0 Å². The Morgan fingerprint density at radius 3 is 2.33 bits per heavy atom. The molecule has 1 heteroatoms. The van der Waals surface area contributed by atoms with E-state index in [-0.39, 0.29) is 0 Å². The first kappa shape index (κ1) is 11.0. The lowest BCUT2D eigenvalue weighted by Crippen LogP contribution is -1.91. The van der Waals surface area contributed by atoms with Gasteiger partial charge in [0.05, 0.1) is 13.2 Å². The minimum atomic E-state index is 0.597. The van der Waals surface area contributed by atoms with E-state index in [4.69, 9.17) is 11.2 Å². The number of allylic oxidation sites excluding steroid dienone is 2. The van der Waals surface area contributed by atoms with Gasteiger partial charge in [0.2, 0.25) is 0 Å². The Morgan fingerprint density at radius 1 is 1.25 bits per heavy atom. The van der Waals surface area contributed by atoms with Gasteiger partial charge in [0.1, 0.15) is 0 Å². The van der Waals surface area contributed by atoms with Gasteiger partial charge in [-0.3, -0.25) is 0 Å². The van der Waals surface area contributed by atoms with E-state index in [1.807, 2.05) is 32.9 Å². The van der Waals surface area contributed by atoms with E-state index in [1.54, 1.807) is 0 Å². The first-order chi connectivity index (χ1) is 5.66. The molecule has 0 aliphatic carbocycles. The molecule has 0 fully saturated rings. The lowest BCUT2D eigenvalue weighted by Gasteiger charge is -1.96. The third-order valence-corrected chi connectivity index (χ3v) is 1.34. The van der Waals surface area contributed by atoms with Crippen LogP contribution in [0.1, 0.15) is 20.8 Å². The van der Waals surface area contributed by atoms with Crippen LogP contribution in [0.15, 0.2) is 23.3 Å². The Hall–Kier alpha value is -1.00. The zero-order valence-corrected chi connectivity index (χ0v) is 8.05. The molecule has 0 aromatic carbocycles. The van der Waals surface area contributed by atoms with Gasteiger partial charge in [0.25, 0.3) is 0 Å². The summed E-state index contributed by atoms with van der Waals surface area (Å²) in [5.41, 5.74) is 2.19. The second-order valence-electron chi connectivity index (χ2n) is 2.85. The maximum atomic E-state index is 5.27. The highest BCUT2D eigenvalue weighted by atomic mass is 16.5. The number of ether oxygens (including phenoxy) is 1. The fourth-order valence-corrected chi connectivity index (χ4v) is 0.536. The van der Waals surface area contributed by atoms with Crippen molar-refractivity contribution in [3.8, 4) is 12.3 Å². The molecule has 0 aromatic rings. The zero-order chi connectivity index (χ0) is 9.40. The van der Waals surface area contributed by atoms with Crippen LogP contribution in [0.5, 0.6) is 0 Å². The van der Waals surface area contributed by atoms with Gasteiger partial charge in [0, 0.05) is 0 Å². The SMILES string of the molecule is C#C/C(C)=C\COCC=C(C)C. The van der Waals surface area contributed by atoms with Crippen LogP contribution in [0, 0.1) is 12.3 Å². The standard InChI is InChI=1S/C11H16O/c1-5-11(4)7-9-12-8-6-10(2)3/h1,6-7H,8-9H2,2-4H3/b11-7-. The summed E-state index contributed by atoms with van der Waals surface area (Å²) < 4.78 is 5.27. The summed E-state index contributed by atoms with van der Waals surface area (Å²) in [6.45, 7) is 7.25. The summed E-state index contributed by atoms with van der Waals surface area (Å²) >= 11 is 0. The van der Waals surface area contributed by atoms with Gasteiger partial charge in [-0.2, -0.15) is 0 Å². The fourth-order valence-electron chi connectivity index (χ4n) is 0.536. The first-order valence-corrected chi connectivity index (χ1v) is 4.01. The molecule has 0 heterocycles. The van der Waals surface area contributed by atoms with E-state index in [1.165, 1.54) is 5.57 Å². The zero-order valence-electron chi connectivity index (χ0n) is 8.05. The normalized spacial score (nSPS) is 10.7. The monoisotopic (exact) mass is 164 g/mol. The third-order valence-electron chi connectivity index (χ3n) is 1.34. The fraction of sp³-hybridized carbons (Fsp3) is 0.455. The Balaban J connectivity index is 3.47. The minimum absolute atomic E-state index is 0.597. The molecule has 0 spiro atoms. The molecule has 66 valence electrons. The van der Waals surface area contributed by atoms with E-state index in [2.05, 4.69) is 5.92 Å². The third kappa shape index (κ3) is 7.11. The summed E-state index contributed by atoms with van der Waals surface area (Å²) in [4.78, 5) is 0. The van der Waals surface area contributed by atoms with E-state index in [9.17, 15) is 0 Å². The number of terminal acetylenes is 1. The van der Waals surface area contributed by atoms with Crippen LogP contribution in [-0.4, -0.2) is 13.2 Å². The van der Waals surface area contributed by atoms with Gasteiger partial charge in [0.15, 0.2) is 0 Å². The quantitative estimate of drug-likeness (QED) is 0.352. The molecule has 1 nitrogen and oxygen atoms in total. The predicted molar refractivity (Wildman–Crippen MR) is 52.8 cm³/mol. The topological polar surface area (TPSA) is 9.23 Å². The van der Waals surface area contributed by atoms with Crippen molar-refractivity contribution in [1.82, 2.24) is 0 Å². The van der Waals surface area contributed by atoms with Crippen molar-refractivity contribution in [2.24, 2.45) is 0 Å². The largest absolute Gasteiger partial charge is 0.373 e. The van der Waals surface area contributed by atoms with Crippen LogP contribution in [0.3, 0.4) is 0 Å². The van der Waals surface area contributed by atoms with E-state index in [0.717, 1.165) is 5.57 Å². The Morgan fingerprint density at radius 2 is 1.83 bits per heavy atom. The first-order valence-electron chi connectivity index (χ1n) is 4.01. The van der Waals surface area contributed by atoms with Gasteiger partial charge < -0.3 is 4.74 Å². The van der Waals surface area contributed by atoms with Crippen LogP contribution in [0.25, 0.3) is 0 Å². The molecule has 0 N–H and O–H groups in total. The lowest BCUT2D eigenvalue weighted by molar-refractivity contribution is 0.193. The molecular weight excluding hydrogens is 148 g/mol. The molecule has 0 aliphatic rings. The van der Waals surface area contributed by atoms with Crippen LogP contribution in [0.4, 0.5) is 0 Å². The summed E-state index contributed by atoms with van der Waals surface area (Å²) in [6.07, 6.45) is 9.09. The molecule has 0 rings (SSSR count). The highest BCUT2D eigenvalue weighted by Crippen LogP contribution is 1.91. The number of hydrogen-bond acceptors (Lipinski definition) is 1. The van der Waals surface area contributed by atoms with E-state index in [0.29, 0.717) is 13.2 Å². The van der Waals surface area contributed by atoms with Gasteiger partial charge in [-0.15, -0.1) is 6.42 Å². The molecular formula is C11H16O. The van der Waals surface area contributed by atoms with Crippen molar-refractivity contribution in [1.29, 1.82) is 0 Å². The van der Waals surface area contributed by atoms with Crippen LogP contribution < -0.4 is 0 Å². The number of hydrogen-bond donors (Lipinski definition) is 0. The number of rotatable bonds is 4. The summed E-state index contributed by atoms with van der Waals surface area (Å²) in [7, 11) is 0. The van der Waals surface area contributed by atoms with Crippen molar-refractivity contribution in [3.05, 3.63) is 23.3 Å². The molecule has 0 bridgehead atoms. The van der Waals surface area contributed by atoms with Crippen molar-refractivity contribution in [2.75, 3.05) is 13.2 Å². The van der Waals surface area contributed by atoms with Crippen LogP contribution in [-0.2, 0) is 4.74 Å².